The number of carbonyl (C=O) groups is 1. The molecule has 5 heteroatoms. The largest absolute Gasteiger partial charge is 0.392 e. The number of aliphatic hydroxyl groups excluding tert-OH is 1. The molecule has 1 aliphatic carbocycles. The van der Waals surface area contributed by atoms with Crippen LogP contribution in [0.4, 0.5) is 0 Å². The number of rotatable bonds is 5. The van der Waals surface area contributed by atoms with Gasteiger partial charge in [-0.2, -0.15) is 0 Å². The van der Waals surface area contributed by atoms with E-state index >= 15 is 0 Å². The van der Waals surface area contributed by atoms with E-state index < -0.39 is 0 Å². The Labute approximate surface area is 136 Å². The third-order valence-corrected chi connectivity index (χ3v) is 6.26. The van der Waals surface area contributed by atoms with E-state index in [1.54, 1.807) is 11.3 Å². The molecule has 1 aromatic heterocycles. The second-order valence-corrected chi connectivity index (χ2v) is 7.42. The van der Waals surface area contributed by atoms with Crippen LogP contribution in [0.2, 0.25) is 0 Å². The Kier molecular flexibility index (Phi) is 4.85. The highest BCUT2D eigenvalue weighted by Crippen LogP contribution is 2.50. The third-order valence-electron chi connectivity index (χ3n) is 5.32. The molecule has 1 amide bonds. The predicted octanol–water partition coefficient (Wildman–Crippen LogP) is 2.46. The quantitative estimate of drug-likeness (QED) is 0.905. The maximum Gasteiger partial charge on any atom is 0.222 e. The van der Waals surface area contributed by atoms with Gasteiger partial charge in [0.05, 0.1) is 12.2 Å². The van der Waals surface area contributed by atoms with Gasteiger partial charge in [-0.05, 0) is 37.6 Å². The Morgan fingerprint density at radius 3 is 2.86 bits per heavy atom. The van der Waals surface area contributed by atoms with Gasteiger partial charge in [0, 0.05) is 42.8 Å². The Morgan fingerprint density at radius 1 is 1.50 bits per heavy atom. The van der Waals surface area contributed by atoms with Crippen LogP contribution in [0.1, 0.15) is 37.5 Å². The summed E-state index contributed by atoms with van der Waals surface area (Å²) in [4.78, 5) is 15.6. The zero-order chi connectivity index (χ0) is 15.6. The molecule has 1 saturated carbocycles. The number of aliphatic hydroxyl groups is 1. The number of hydrogen-bond acceptors (Lipinski definition) is 4. The van der Waals surface area contributed by atoms with Crippen molar-refractivity contribution in [3.63, 3.8) is 0 Å². The lowest BCUT2D eigenvalue weighted by Gasteiger charge is -2.56. The standard InChI is InChI=1S/C17H25NO3S/c1-2-21-15-12-14(19)17(15)7-9-18(10-8-17)16(20)6-5-13-4-3-11-22-13/h3-4,11,14-15,19H,2,5-10,12H2,1H3/t14-,15-/m1/s1. The number of aryl methyl sites for hydroxylation is 1. The SMILES string of the molecule is CCO[C@@H]1C[C@@H](O)C12CCN(C(=O)CCc1cccs1)CC2. The molecule has 0 bridgehead atoms. The van der Waals surface area contributed by atoms with Crippen LogP contribution in [0.25, 0.3) is 0 Å². The van der Waals surface area contributed by atoms with Crippen molar-refractivity contribution in [2.45, 2.75) is 51.2 Å². The molecule has 122 valence electrons. The Balaban J connectivity index is 1.49. The van der Waals surface area contributed by atoms with Crippen LogP contribution in [-0.4, -0.2) is 47.8 Å². The van der Waals surface area contributed by atoms with Gasteiger partial charge in [-0.15, -0.1) is 11.3 Å². The second-order valence-electron chi connectivity index (χ2n) is 6.39. The number of hydrogen-bond donors (Lipinski definition) is 1. The lowest BCUT2D eigenvalue weighted by Crippen LogP contribution is -2.62. The second kappa shape index (κ2) is 6.69. The van der Waals surface area contributed by atoms with Crippen molar-refractivity contribution in [2.24, 2.45) is 5.41 Å². The molecule has 22 heavy (non-hydrogen) atoms. The number of ether oxygens (including phenoxy) is 1. The van der Waals surface area contributed by atoms with Gasteiger partial charge in [-0.25, -0.2) is 0 Å². The van der Waals surface area contributed by atoms with Crippen LogP contribution < -0.4 is 0 Å². The van der Waals surface area contributed by atoms with Crippen LogP contribution in [0.5, 0.6) is 0 Å². The van der Waals surface area contributed by atoms with Gasteiger partial charge in [-0.1, -0.05) is 6.07 Å². The molecule has 3 rings (SSSR count). The van der Waals surface area contributed by atoms with Crippen LogP contribution in [0, 0.1) is 5.41 Å². The third kappa shape index (κ3) is 2.94. The number of piperidine rings is 1. The van der Waals surface area contributed by atoms with E-state index in [1.807, 2.05) is 17.9 Å². The lowest BCUT2D eigenvalue weighted by molar-refractivity contribution is -0.210. The molecule has 2 heterocycles. The summed E-state index contributed by atoms with van der Waals surface area (Å²) in [5.74, 6) is 0.241. The maximum absolute atomic E-state index is 12.3. The fourth-order valence-electron chi connectivity index (χ4n) is 3.83. The monoisotopic (exact) mass is 323 g/mol. The smallest absolute Gasteiger partial charge is 0.222 e. The molecule has 1 aromatic rings. The van der Waals surface area contributed by atoms with Gasteiger partial charge in [0.25, 0.3) is 0 Å². The van der Waals surface area contributed by atoms with Crippen LogP contribution in [0.3, 0.4) is 0 Å². The van der Waals surface area contributed by atoms with Crippen molar-refractivity contribution in [3.8, 4) is 0 Å². The fraction of sp³-hybridized carbons (Fsp3) is 0.706. The minimum atomic E-state index is -0.257. The molecule has 2 atom stereocenters. The van der Waals surface area contributed by atoms with Crippen LogP contribution in [-0.2, 0) is 16.0 Å². The van der Waals surface area contributed by atoms with Crippen molar-refractivity contribution in [3.05, 3.63) is 22.4 Å². The van der Waals surface area contributed by atoms with Gasteiger partial charge < -0.3 is 14.7 Å². The minimum absolute atomic E-state index is 0.0967. The zero-order valence-corrected chi connectivity index (χ0v) is 14.0. The first-order valence-corrected chi connectivity index (χ1v) is 9.13. The normalized spacial score (nSPS) is 26.9. The molecule has 1 spiro atoms. The first-order chi connectivity index (χ1) is 10.7. The van der Waals surface area contributed by atoms with Crippen molar-refractivity contribution >= 4 is 17.2 Å². The van der Waals surface area contributed by atoms with Crippen LogP contribution in [0.15, 0.2) is 17.5 Å². The molecule has 1 saturated heterocycles. The number of nitrogens with zero attached hydrogens (tertiary/aromatic N) is 1. The summed E-state index contributed by atoms with van der Waals surface area (Å²) in [5.41, 5.74) is -0.0967. The maximum atomic E-state index is 12.3. The van der Waals surface area contributed by atoms with E-state index in [0.717, 1.165) is 38.8 Å². The van der Waals surface area contributed by atoms with Gasteiger partial charge in [-0.3, -0.25) is 4.79 Å². The summed E-state index contributed by atoms with van der Waals surface area (Å²) in [6, 6.07) is 4.11. The summed E-state index contributed by atoms with van der Waals surface area (Å²) in [6.07, 6.45) is 3.82. The molecule has 0 radical (unpaired) electrons. The molecule has 1 N–H and O–H groups in total. The van der Waals surface area contributed by atoms with Crippen LogP contribution >= 0.6 is 11.3 Å². The number of amides is 1. The first kappa shape index (κ1) is 16.0. The molecular weight excluding hydrogens is 298 g/mol. The highest BCUT2D eigenvalue weighted by atomic mass is 32.1. The molecule has 2 fully saturated rings. The Morgan fingerprint density at radius 2 is 2.27 bits per heavy atom. The molecule has 2 aliphatic rings. The van der Waals surface area contributed by atoms with E-state index in [4.69, 9.17) is 4.74 Å². The molecule has 0 aromatic carbocycles. The topological polar surface area (TPSA) is 49.8 Å². The van der Waals surface area contributed by atoms with Crippen molar-refractivity contribution in [1.82, 2.24) is 4.90 Å². The average Bonchev–Trinajstić information content (AvgIpc) is 3.06. The number of thiophene rings is 1. The highest BCUT2D eigenvalue weighted by molar-refractivity contribution is 7.09. The molecule has 4 nitrogen and oxygen atoms in total. The van der Waals surface area contributed by atoms with Gasteiger partial charge in [0.2, 0.25) is 5.91 Å². The summed E-state index contributed by atoms with van der Waals surface area (Å²) in [7, 11) is 0. The van der Waals surface area contributed by atoms with Gasteiger partial charge in [0.1, 0.15) is 0 Å². The van der Waals surface area contributed by atoms with E-state index in [9.17, 15) is 9.90 Å². The summed E-state index contributed by atoms with van der Waals surface area (Å²) >= 11 is 1.71. The van der Waals surface area contributed by atoms with E-state index in [1.165, 1.54) is 4.88 Å². The molecule has 1 aliphatic heterocycles. The summed E-state index contributed by atoms with van der Waals surface area (Å²) in [6.45, 7) is 4.21. The van der Waals surface area contributed by atoms with Crippen molar-refractivity contribution < 1.29 is 14.6 Å². The fourth-order valence-corrected chi connectivity index (χ4v) is 4.54. The summed E-state index contributed by atoms with van der Waals surface area (Å²) in [5, 5.41) is 12.2. The minimum Gasteiger partial charge on any atom is -0.392 e. The van der Waals surface area contributed by atoms with E-state index in [0.29, 0.717) is 13.0 Å². The average molecular weight is 323 g/mol. The summed E-state index contributed by atoms with van der Waals surface area (Å²) < 4.78 is 5.77. The van der Waals surface area contributed by atoms with Gasteiger partial charge in [0.15, 0.2) is 0 Å². The lowest BCUT2D eigenvalue weighted by atomic mass is 9.58. The number of likely N-dealkylation sites (tertiary alicyclic amines) is 1. The molecule has 0 unspecified atom stereocenters. The predicted molar refractivity (Wildman–Crippen MR) is 86.9 cm³/mol. The zero-order valence-electron chi connectivity index (χ0n) is 13.2. The van der Waals surface area contributed by atoms with Crippen molar-refractivity contribution in [2.75, 3.05) is 19.7 Å². The Hall–Kier alpha value is -0.910. The first-order valence-electron chi connectivity index (χ1n) is 8.25. The van der Waals surface area contributed by atoms with E-state index in [-0.39, 0.29) is 23.5 Å². The highest BCUT2D eigenvalue weighted by Gasteiger charge is 2.56. The van der Waals surface area contributed by atoms with E-state index in [2.05, 4.69) is 11.4 Å². The number of carbonyl (C=O) groups excluding carboxylic acids is 1. The Bertz CT molecular complexity index is 492. The molecular formula is C17H25NO3S. The van der Waals surface area contributed by atoms with Gasteiger partial charge >= 0.3 is 0 Å². The van der Waals surface area contributed by atoms with Crippen molar-refractivity contribution in [1.29, 1.82) is 0 Å².